The molecule has 0 bridgehead atoms. The van der Waals surface area contributed by atoms with Crippen LogP contribution in [0.4, 0.5) is 0 Å². The molecule has 1 atom stereocenters. The van der Waals surface area contributed by atoms with E-state index in [9.17, 15) is 4.79 Å². The first-order valence-corrected chi connectivity index (χ1v) is 8.92. The molecule has 2 heterocycles. The molecular formula is C16H21N3OS2. The fourth-order valence-corrected chi connectivity index (χ4v) is 3.44. The van der Waals surface area contributed by atoms with Crippen molar-refractivity contribution in [2.24, 2.45) is 0 Å². The first-order valence-electron chi connectivity index (χ1n) is 7.16. The van der Waals surface area contributed by atoms with Gasteiger partial charge < -0.3 is 5.32 Å². The number of amides is 1. The summed E-state index contributed by atoms with van der Waals surface area (Å²) in [5.74, 6) is 0.000890. The van der Waals surface area contributed by atoms with E-state index in [2.05, 4.69) is 36.1 Å². The maximum Gasteiger partial charge on any atom is 0.233 e. The van der Waals surface area contributed by atoms with Gasteiger partial charge in [0.25, 0.3) is 0 Å². The lowest BCUT2D eigenvalue weighted by Crippen LogP contribution is -2.30. The van der Waals surface area contributed by atoms with Crippen molar-refractivity contribution in [3.05, 3.63) is 40.5 Å². The van der Waals surface area contributed by atoms with Gasteiger partial charge in [-0.25, -0.2) is 9.97 Å². The van der Waals surface area contributed by atoms with Crippen molar-refractivity contribution in [2.45, 2.75) is 49.9 Å². The van der Waals surface area contributed by atoms with Gasteiger partial charge >= 0.3 is 0 Å². The predicted molar refractivity (Wildman–Crippen MR) is 92.2 cm³/mol. The monoisotopic (exact) mass is 335 g/mol. The number of pyridine rings is 1. The van der Waals surface area contributed by atoms with E-state index in [1.807, 2.05) is 30.5 Å². The van der Waals surface area contributed by atoms with Gasteiger partial charge in [-0.05, 0) is 19.1 Å². The maximum absolute atomic E-state index is 12.1. The highest BCUT2D eigenvalue weighted by Crippen LogP contribution is 2.25. The van der Waals surface area contributed by atoms with Crippen LogP contribution in [0.3, 0.4) is 0 Å². The summed E-state index contributed by atoms with van der Waals surface area (Å²) in [4.78, 5) is 20.9. The van der Waals surface area contributed by atoms with Crippen molar-refractivity contribution in [3.63, 3.8) is 0 Å². The molecule has 0 aromatic carbocycles. The number of carbonyl (C=O) groups is 1. The van der Waals surface area contributed by atoms with Crippen LogP contribution in [-0.2, 0) is 16.8 Å². The number of thiazole rings is 1. The molecule has 2 aromatic heterocycles. The van der Waals surface area contributed by atoms with Crippen molar-refractivity contribution in [2.75, 3.05) is 0 Å². The molecule has 0 saturated carbocycles. The zero-order valence-corrected chi connectivity index (χ0v) is 14.9. The molecule has 6 heteroatoms. The second-order valence-corrected chi connectivity index (χ2v) is 8.26. The molecule has 2 aromatic rings. The van der Waals surface area contributed by atoms with Gasteiger partial charge in [-0.2, -0.15) is 0 Å². The second kappa shape index (κ2) is 7.24. The zero-order chi connectivity index (χ0) is 16.2. The van der Waals surface area contributed by atoms with Crippen LogP contribution in [0, 0.1) is 0 Å². The number of aromatic nitrogens is 2. The summed E-state index contributed by atoms with van der Waals surface area (Å²) in [7, 11) is 0. The standard InChI is InChI=1S/C16H21N3OS2/c1-11(22-13-7-5-6-8-17-13)14(20)18-9-12-10-21-15(19-12)16(2,3)4/h5-8,10-11H,9H2,1-4H3,(H,18,20)/t11-/m1/s1. The highest BCUT2D eigenvalue weighted by atomic mass is 32.2. The quantitative estimate of drug-likeness (QED) is 0.848. The van der Waals surface area contributed by atoms with Crippen molar-refractivity contribution < 1.29 is 4.79 Å². The van der Waals surface area contributed by atoms with Gasteiger partial charge in [-0.15, -0.1) is 11.3 Å². The molecular weight excluding hydrogens is 314 g/mol. The van der Waals surface area contributed by atoms with E-state index >= 15 is 0 Å². The molecule has 0 aliphatic rings. The zero-order valence-electron chi connectivity index (χ0n) is 13.3. The lowest BCUT2D eigenvalue weighted by molar-refractivity contribution is -0.120. The molecule has 0 aliphatic heterocycles. The van der Waals surface area contributed by atoms with E-state index < -0.39 is 0 Å². The molecule has 22 heavy (non-hydrogen) atoms. The Hall–Kier alpha value is -1.40. The Balaban J connectivity index is 1.86. The van der Waals surface area contributed by atoms with Crippen LogP contribution < -0.4 is 5.32 Å². The van der Waals surface area contributed by atoms with Crippen molar-refractivity contribution in [3.8, 4) is 0 Å². The Labute approximate surface area is 139 Å². The highest BCUT2D eigenvalue weighted by molar-refractivity contribution is 8.00. The smallest absolute Gasteiger partial charge is 0.233 e. The Kier molecular flexibility index (Phi) is 5.58. The summed E-state index contributed by atoms with van der Waals surface area (Å²) < 4.78 is 0. The number of hydrogen-bond acceptors (Lipinski definition) is 5. The lowest BCUT2D eigenvalue weighted by Gasteiger charge is -2.13. The number of rotatable bonds is 5. The third-order valence-electron chi connectivity index (χ3n) is 2.94. The van der Waals surface area contributed by atoms with Gasteiger partial charge in [0.1, 0.15) is 0 Å². The van der Waals surface area contributed by atoms with E-state index in [0.717, 1.165) is 15.7 Å². The minimum atomic E-state index is -0.185. The van der Waals surface area contributed by atoms with Crippen LogP contribution in [0.15, 0.2) is 34.8 Å². The van der Waals surface area contributed by atoms with E-state index in [4.69, 9.17) is 0 Å². The molecule has 0 fully saturated rings. The Morgan fingerprint density at radius 3 is 2.77 bits per heavy atom. The third kappa shape index (κ3) is 4.81. The summed E-state index contributed by atoms with van der Waals surface area (Å²) in [5, 5.41) is 6.71. The number of carbonyl (C=O) groups excluding carboxylic acids is 1. The first kappa shape index (κ1) is 17.0. The fourth-order valence-electron chi connectivity index (χ4n) is 1.71. The summed E-state index contributed by atoms with van der Waals surface area (Å²) in [6, 6.07) is 5.69. The molecule has 4 nitrogen and oxygen atoms in total. The number of nitrogens with one attached hydrogen (secondary N) is 1. The normalized spacial score (nSPS) is 12.9. The van der Waals surface area contributed by atoms with Gasteiger partial charge in [0.2, 0.25) is 5.91 Å². The summed E-state index contributed by atoms with van der Waals surface area (Å²) in [6.45, 7) is 8.77. The molecule has 2 rings (SSSR count). The van der Waals surface area contributed by atoms with Gasteiger partial charge in [0.05, 0.1) is 27.5 Å². The van der Waals surface area contributed by atoms with Gasteiger partial charge in [-0.3, -0.25) is 4.79 Å². The molecule has 0 aliphatic carbocycles. The number of hydrogen-bond donors (Lipinski definition) is 1. The molecule has 0 spiro atoms. The van der Waals surface area contributed by atoms with E-state index in [1.54, 1.807) is 17.5 Å². The summed E-state index contributed by atoms with van der Waals surface area (Å²) in [6.07, 6.45) is 1.73. The van der Waals surface area contributed by atoms with Crippen LogP contribution in [0.2, 0.25) is 0 Å². The average Bonchev–Trinajstić information content (AvgIpc) is 2.94. The van der Waals surface area contributed by atoms with Crippen LogP contribution >= 0.6 is 23.1 Å². The minimum absolute atomic E-state index is 0.000890. The summed E-state index contributed by atoms with van der Waals surface area (Å²) >= 11 is 3.10. The summed E-state index contributed by atoms with van der Waals surface area (Å²) in [5.41, 5.74) is 0.966. The van der Waals surface area contributed by atoms with Gasteiger partial charge in [0, 0.05) is 17.0 Å². The SMILES string of the molecule is C[C@@H](Sc1ccccn1)C(=O)NCc1csc(C(C)(C)C)n1. The second-order valence-electron chi connectivity index (χ2n) is 6.04. The van der Waals surface area contributed by atoms with E-state index in [-0.39, 0.29) is 16.6 Å². The van der Waals surface area contributed by atoms with Crippen LogP contribution in [0.25, 0.3) is 0 Å². The van der Waals surface area contributed by atoms with Gasteiger partial charge in [0.15, 0.2) is 0 Å². The van der Waals surface area contributed by atoms with Crippen molar-refractivity contribution in [1.82, 2.24) is 15.3 Å². The van der Waals surface area contributed by atoms with Crippen molar-refractivity contribution in [1.29, 1.82) is 0 Å². The fraction of sp³-hybridized carbons (Fsp3) is 0.438. The number of nitrogens with zero attached hydrogens (tertiary/aromatic N) is 2. The molecule has 118 valence electrons. The maximum atomic E-state index is 12.1. The number of thioether (sulfide) groups is 1. The average molecular weight is 335 g/mol. The van der Waals surface area contributed by atoms with Crippen LogP contribution in [0.5, 0.6) is 0 Å². The molecule has 0 radical (unpaired) electrons. The minimum Gasteiger partial charge on any atom is -0.349 e. The van der Waals surface area contributed by atoms with E-state index in [1.165, 1.54) is 11.8 Å². The molecule has 0 saturated heterocycles. The largest absolute Gasteiger partial charge is 0.349 e. The molecule has 0 unspecified atom stereocenters. The first-order chi connectivity index (χ1) is 10.4. The Morgan fingerprint density at radius 1 is 1.41 bits per heavy atom. The van der Waals surface area contributed by atoms with Crippen molar-refractivity contribution >= 4 is 29.0 Å². The van der Waals surface area contributed by atoms with Crippen LogP contribution in [-0.4, -0.2) is 21.1 Å². The Morgan fingerprint density at radius 2 is 2.18 bits per heavy atom. The topological polar surface area (TPSA) is 54.9 Å². The Bertz CT molecular complexity index is 620. The van der Waals surface area contributed by atoms with E-state index in [0.29, 0.717) is 6.54 Å². The highest BCUT2D eigenvalue weighted by Gasteiger charge is 2.19. The van der Waals surface area contributed by atoms with Crippen LogP contribution in [0.1, 0.15) is 38.4 Å². The molecule has 1 N–H and O–H groups in total. The molecule has 1 amide bonds. The predicted octanol–water partition coefficient (Wildman–Crippen LogP) is 3.63. The third-order valence-corrected chi connectivity index (χ3v) is 5.31. The van der Waals surface area contributed by atoms with Gasteiger partial charge in [-0.1, -0.05) is 38.6 Å². The lowest BCUT2D eigenvalue weighted by atomic mass is 9.98.